The first-order valence-corrected chi connectivity index (χ1v) is 12.2. The maximum absolute atomic E-state index is 11.8. The highest BCUT2D eigenvalue weighted by atomic mass is 16.1. The lowest BCUT2D eigenvalue weighted by Crippen LogP contribution is -2.47. The molecule has 0 spiro atoms. The summed E-state index contributed by atoms with van der Waals surface area (Å²) < 4.78 is 0. The minimum absolute atomic E-state index is 0.418. The zero-order valence-electron chi connectivity index (χ0n) is 20.0. The summed E-state index contributed by atoms with van der Waals surface area (Å²) in [5.41, 5.74) is 9.07. The Morgan fingerprint density at radius 2 is 1.51 bits per heavy atom. The SMILES string of the molecule is CCCc1nc(N2CCN(c3nnc(Cc4ccccc4)c4ccccc34)CC2)ccc1C(N)=O. The largest absolute Gasteiger partial charge is 0.366 e. The minimum atomic E-state index is -0.418. The normalized spacial score (nSPS) is 13.9. The molecule has 3 heterocycles. The van der Waals surface area contributed by atoms with Gasteiger partial charge in [-0.1, -0.05) is 67.9 Å². The van der Waals surface area contributed by atoms with Crippen molar-refractivity contribution in [3.63, 3.8) is 0 Å². The number of anilines is 2. The number of aromatic nitrogens is 3. The zero-order valence-corrected chi connectivity index (χ0v) is 20.0. The maximum Gasteiger partial charge on any atom is 0.250 e. The van der Waals surface area contributed by atoms with E-state index in [1.165, 1.54) is 5.56 Å². The van der Waals surface area contributed by atoms with E-state index in [0.29, 0.717) is 5.56 Å². The summed E-state index contributed by atoms with van der Waals surface area (Å²) in [6.07, 6.45) is 2.41. The third-order valence-corrected chi connectivity index (χ3v) is 6.57. The van der Waals surface area contributed by atoms with Crippen molar-refractivity contribution < 1.29 is 4.79 Å². The van der Waals surface area contributed by atoms with Gasteiger partial charge >= 0.3 is 0 Å². The monoisotopic (exact) mass is 466 g/mol. The molecule has 7 nitrogen and oxygen atoms in total. The second-order valence-corrected chi connectivity index (χ2v) is 8.93. The quantitative estimate of drug-likeness (QED) is 0.443. The number of hydrogen-bond donors (Lipinski definition) is 1. The van der Waals surface area contributed by atoms with Crippen LogP contribution in [0.15, 0.2) is 66.7 Å². The highest BCUT2D eigenvalue weighted by molar-refractivity contribution is 5.94. The van der Waals surface area contributed by atoms with Gasteiger partial charge in [0.1, 0.15) is 5.82 Å². The molecule has 2 aromatic carbocycles. The standard InChI is InChI=1S/C28H30N6O/c1-2-8-24-23(27(29)35)13-14-26(30-24)33-15-17-34(18-16-33)28-22-12-7-6-11-21(22)25(31-32-28)19-20-9-4-3-5-10-20/h3-7,9-14H,2,8,15-19H2,1H3,(H2,29,35). The molecule has 1 aliphatic heterocycles. The third kappa shape index (κ3) is 4.80. The fourth-order valence-corrected chi connectivity index (χ4v) is 4.76. The first kappa shape index (κ1) is 22.8. The van der Waals surface area contributed by atoms with Crippen LogP contribution in [0.25, 0.3) is 10.8 Å². The van der Waals surface area contributed by atoms with Crippen LogP contribution in [-0.4, -0.2) is 47.3 Å². The van der Waals surface area contributed by atoms with Crippen molar-refractivity contribution in [1.82, 2.24) is 15.2 Å². The van der Waals surface area contributed by atoms with Crippen molar-refractivity contribution in [2.75, 3.05) is 36.0 Å². The number of pyridine rings is 1. The van der Waals surface area contributed by atoms with Crippen LogP contribution in [0.3, 0.4) is 0 Å². The number of carbonyl (C=O) groups is 1. The fourth-order valence-electron chi connectivity index (χ4n) is 4.76. The Morgan fingerprint density at radius 1 is 0.829 bits per heavy atom. The summed E-state index contributed by atoms with van der Waals surface area (Å²) in [6, 6.07) is 22.5. The van der Waals surface area contributed by atoms with E-state index < -0.39 is 5.91 Å². The number of fused-ring (bicyclic) bond motifs is 1. The Labute approximate surface area is 205 Å². The highest BCUT2D eigenvalue weighted by Crippen LogP contribution is 2.28. The second kappa shape index (κ2) is 10.1. The van der Waals surface area contributed by atoms with E-state index in [1.54, 1.807) is 0 Å². The molecule has 4 aromatic rings. The molecule has 1 saturated heterocycles. The van der Waals surface area contributed by atoms with Gasteiger partial charge in [0, 0.05) is 43.4 Å². The van der Waals surface area contributed by atoms with Gasteiger partial charge in [-0.2, -0.15) is 5.10 Å². The molecular weight excluding hydrogens is 436 g/mol. The lowest BCUT2D eigenvalue weighted by Gasteiger charge is -2.36. The average Bonchev–Trinajstić information content (AvgIpc) is 2.90. The van der Waals surface area contributed by atoms with Crippen molar-refractivity contribution in [2.24, 2.45) is 5.73 Å². The molecule has 0 bridgehead atoms. The summed E-state index contributed by atoms with van der Waals surface area (Å²) in [5, 5.41) is 11.6. The number of primary amides is 1. The minimum Gasteiger partial charge on any atom is -0.366 e. The molecule has 1 amide bonds. The summed E-state index contributed by atoms with van der Waals surface area (Å²) in [6.45, 7) is 5.35. The van der Waals surface area contributed by atoms with E-state index in [4.69, 9.17) is 10.7 Å². The van der Waals surface area contributed by atoms with E-state index >= 15 is 0 Å². The van der Waals surface area contributed by atoms with Crippen molar-refractivity contribution >= 4 is 28.3 Å². The van der Waals surface area contributed by atoms with Crippen molar-refractivity contribution in [3.05, 3.63) is 89.2 Å². The van der Waals surface area contributed by atoms with Crippen LogP contribution in [0, 0.1) is 0 Å². The Morgan fingerprint density at radius 3 is 2.23 bits per heavy atom. The van der Waals surface area contributed by atoms with E-state index in [9.17, 15) is 4.79 Å². The van der Waals surface area contributed by atoms with Crippen LogP contribution in [0.1, 0.15) is 40.7 Å². The van der Waals surface area contributed by atoms with Crippen LogP contribution >= 0.6 is 0 Å². The molecule has 0 aliphatic carbocycles. The van der Waals surface area contributed by atoms with Gasteiger partial charge in [0.25, 0.3) is 5.91 Å². The van der Waals surface area contributed by atoms with E-state index in [1.807, 2.05) is 18.2 Å². The predicted octanol–water partition coefficient (Wildman–Crippen LogP) is 3.99. The van der Waals surface area contributed by atoms with E-state index in [0.717, 1.165) is 79.2 Å². The first-order valence-electron chi connectivity index (χ1n) is 12.2. The molecule has 1 aliphatic rings. The number of rotatable bonds is 7. The first-order chi connectivity index (χ1) is 17.1. The molecule has 178 valence electrons. The molecule has 0 radical (unpaired) electrons. The number of amides is 1. The van der Waals surface area contributed by atoms with Gasteiger partial charge in [-0.25, -0.2) is 4.98 Å². The number of nitrogens with zero attached hydrogens (tertiary/aromatic N) is 5. The molecule has 0 saturated carbocycles. The highest BCUT2D eigenvalue weighted by Gasteiger charge is 2.23. The van der Waals surface area contributed by atoms with Crippen molar-refractivity contribution in [2.45, 2.75) is 26.2 Å². The fraction of sp³-hybridized carbons (Fsp3) is 0.286. The predicted molar refractivity (Wildman–Crippen MR) is 140 cm³/mol. The molecule has 1 fully saturated rings. The van der Waals surface area contributed by atoms with Gasteiger partial charge in [0.05, 0.1) is 17.0 Å². The summed E-state index contributed by atoms with van der Waals surface area (Å²) in [4.78, 5) is 21.1. The van der Waals surface area contributed by atoms with Crippen LogP contribution in [0.2, 0.25) is 0 Å². The third-order valence-electron chi connectivity index (χ3n) is 6.57. The lowest BCUT2D eigenvalue weighted by molar-refractivity contribution is 0.0999. The topological polar surface area (TPSA) is 88.2 Å². The van der Waals surface area contributed by atoms with Crippen LogP contribution in [0.5, 0.6) is 0 Å². The Balaban J connectivity index is 1.36. The number of carbonyl (C=O) groups excluding carboxylic acids is 1. The van der Waals surface area contributed by atoms with Crippen LogP contribution < -0.4 is 15.5 Å². The van der Waals surface area contributed by atoms with Crippen LogP contribution in [0.4, 0.5) is 11.6 Å². The molecule has 7 heteroatoms. The van der Waals surface area contributed by atoms with Gasteiger partial charge in [-0.15, -0.1) is 5.10 Å². The van der Waals surface area contributed by atoms with E-state index in [2.05, 4.69) is 75.5 Å². The molecule has 2 aromatic heterocycles. The molecule has 0 atom stereocenters. The van der Waals surface area contributed by atoms with Gasteiger partial charge < -0.3 is 15.5 Å². The van der Waals surface area contributed by atoms with Gasteiger partial charge in [0.2, 0.25) is 0 Å². The molecular formula is C28H30N6O. The van der Waals surface area contributed by atoms with Crippen molar-refractivity contribution in [3.8, 4) is 0 Å². The summed E-state index contributed by atoms with van der Waals surface area (Å²) >= 11 is 0. The van der Waals surface area contributed by atoms with Gasteiger partial charge in [0.15, 0.2) is 5.82 Å². The Bertz CT molecular complexity index is 1330. The summed E-state index contributed by atoms with van der Waals surface area (Å²) in [5.74, 6) is 1.41. The Hall–Kier alpha value is -4.00. The molecule has 5 rings (SSSR count). The number of aryl methyl sites for hydroxylation is 1. The molecule has 0 unspecified atom stereocenters. The van der Waals surface area contributed by atoms with Crippen molar-refractivity contribution in [1.29, 1.82) is 0 Å². The molecule has 35 heavy (non-hydrogen) atoms. The number of piperazine rings is 1. The number of benzene rings is 2. The van der Waals surface area contributed by atoms with Crippen LogP contribution in [-0.2, 0) is 12.8 Å². The number of hydrogen-bond acceptors (Lipinski definition) is 6. The summed E-state index contributed by atoms with van der Waals surface area (Å²) in [7, 11) is 0. The van der Waals surface area contributed by atoms with Gasteiger partial charge in [-0.3, -0.25) is 4.79 Å². The lowest BCUT2D eigenvalue weighted by atomic mass is 10.0. The smallest absolute Gasteiger partial charge is 0.250 e. The maximum atomic E-state index is 11.8. The Kier molecular flexibility index (Phi) is 6.57. The average molecular weight is 467 g/mol. The van der Waals surface area contributed by atoms with E-state index in [-0.39, 0.29) is 0 Å². The molecule has 2 N–H and O–H groups in total. The van der Waals surface area contributed by atoms with Gasteiger partial charge in [-0.05, 0) is 24.1 Å². The number of nitrogens with two attached hydrogens (primary N) is 1. The zero-order chi connectivity index (χ0) is 24.2. The second-order valence-electron chi connectivity index (χ2n) is 8.93.